The number of anilines is 1. The van der Waals surface area contributed by atoms with Gasteiger partial charge in [-0.2, -0.15) is 0 Å². The average molecular weight is 338 g/mol. The van der Waals surface area contributed by atoms with E-state index in [0.29, 0.717) is 23.4 Å². The molecule has 0 fully saturated rings. The molecule has 0 aliphatic heterocycles. The van der Waals surface area contributed by atoms with E-state index in [-0.39, 0.29) is 17.2 Å². The van der Waals surface area contributed by atoms with Crippen molar-refractivity contribution in [3.8, 4) is 0 Å². The van der Waals surface area contributed by atoms with Crippen molar-refractivity contribution in [1.82, 2.24) is 5.32 Å². The van der Waals surface area contributed by atoms with Crippen molar-refractivity contribution in [2.75, 3.05) is 11.9 Å². The summed E-state index contributed by atoms with van der Waals surface area (Å²) >= 11 is 0. The van der Waals surface area contributed by atoms with Crippen LogP contribution in [-0.2, 0) is 5.41 Å². The minimum Gasteiger partial charge on any atom is -0.352 e. The molecule has 132 valence electrons. The van der Waals surface area contributed by atoms with Crippen LogP contribution in [-0.4, -0.2) is 18.4 Å². The first kappa shape index (κ1) is 18.7. The zero-order chi connectivity index (χ0) is 18.4. The van der Waals surface area contributed by atoms with E-state index in [4.69, 9.17) is 0 Å². The third-order valence-electron chi connectivity index (χ3n) is 3.97. The van der Waals surface area contributed by atoms with Gasteiger partial charge >= 0.3 is 0 Å². The quantitative estimate of drug-likeness (QED) is 0.850. The van der Waals surface area contributed by atoms with Crippen molar-refractivity contribution in [3.05, 3.63) is 65.2 Å². The van der Waals surface area contributed by atoms with Crippen LogP contribution in [0.25, 0.3) is 0 Å². The summed E-state index contributed by atoms with van der Waals surface area (Å²) in [6, 6.07) is 14.6. The van der Waals surface area contributed by atoms with Crippen LogP contribution in [0.3, 0.4) is 0 Å². The third kappa shape index (κ3) is 4.92. The largest absolute Gasteiger partial charge is 0.352 e. The van der Waals surface area contributed by atoms with Crippen LogP contribution in [0, 0.1) is 0 Å². The molecule has 0 radical (unpaired) electrons. The lowest BCUT2D eigenvalue weighted by atomic mass is 9.86. The first-order valence-electron chi connectivity index (χ1n) is 8.62. The van der Waals surface area contributed by atoms with Gasteiger partial charge in [-0.25, -0.2) is 0 Å². The fourth-order valence-corrected chi connectivity index (χ4v) is 2.44. The minimum absolute atomic E-state index is 0.0406. The number of rotatable bonds is 5. The lowest BCUT2D eigenvalue weighted by Gasteiger charge is -2.19. The molecule has 4 nitrogen and oxygen atoms in total. The number of hydrogen-bond acceptors (Lipinski definition) is 2. The molecule has 0 saturated heterocycles. The van der Waals surface area contributed by atoms with Gasteiger partial charge in [0.25, 0.3) is 11.8 Å². The van der Waals surface area contributed by atoms with E-state index in [1.54, 1.807) is 24.3 Å². The fourth-order valence-electron chi connectivity index (χ4n) is 2.44. The maximum Gasteiger partial charge on any atom is 0.255 e. The summed E-state index contributed by atoms with van der Waals surface area (Å²) in [6.07, 6.45) is 0.861. The van der Waals surface area contributed by atoms with Gasteiger partial charge < -0.3 is 10.6 Å². The number of amides is 2. The normalized spacial score (nSPS) is 11.0. The van der Waals surface area contributed by atoms with Gasteiger partial charge in [0, 0.05) is 12.1 Å². The number of hydrogen-bond donors (Lipinski definition) is 2. The van der Waals surface area contributed by atoms with E-state index in [0.717, 1.165) is 6.42 Å². The Balaban J connectivity index is 2.17. The molecule has 0 aliphatic carbocycles. The Kier molecular flexibility index (Phi) is 5.97. The predicted octanol–water partition coefficient (Wildman–Crippen LogP) is 4.38. The molecule has 2 amide bonds. The molecule has 0 unspecified atom stereocenters. The predicted molar refractivity (Wildman–Crippen MR) is 102 cm³/mol. The molecule has 0 bridgehead atoms. The highest BCUT2D eigenvalue weighted by molar-refractivity contribution is 6.09. The van der Waals surface area contributed by atoms with Gasteiger partial charge in [0.2, 0.25) is 0 Å². The van der Waals surface area contributed by atoms with Crippen LogP contribution >= 0.6 is 0 Å². The molecule has 2 aromatic carbocycles. The van der Waals surface area contributed by atoms with E-state index in [1.807, 2.05) is 31.2 Å². The Morgan fingerprint density at radius 2 is 1.56 bits per heavy atom. The van der Waals surface area contributed by atoms with Crippen LogP contribution in [0.4, 0.5) is 5.69 Å². The van der Waals surface area contributed by atoms with Gasteiger partial charge in [-0.3, -0.25) is 9.59 Å². The van der Waals surface area contributed by atoms with Crippen molar-refractivity contribution in [2.45, 2.75) is 39.5 Å². The highest BCUT2D eigenvalue weighted by Gasteiger charge is 2.16. The number of carbonyl (C=O) groups is 2. The fraction of sp³-hybridized carbons (Fsp3) is 0.333. The van der Waals surface area contributed by atoms with Crippen LogP contribution in [0.15, 0.2) is 48.5 Å². The van der Waals surface area contributed by atoms with Gasteiger partial charge in [-0.05, 0) is 41.7 Å². The van der Waals surface area contributed by atoms with Crippen molar-refractivity contribution in [1.29, 1.82) is 0 Å². The number of carbonyl (C=O) groups excluding carboxylic acids is 2. The van der Waals surface area contributed by atoms with E-state index in [2.05, 4.69) is 31.4 Å². The van der Waals surface area contributed by atoms with Gasteiger partial charge in [0.05, 0.1) is 11.3 Å². The van der Waals surface area contributed by atoms with Gasteiger partial charge in [0.1, 0.15) is 0 Å². The zero-order valence-electron chi connectivity index (χ0n) is 15.3. The summed E-state index contributed by atoms with van der Waals surface area (Å²) in [6.45, 7) is 9.00. The van der Waals surface area contributed by atoms with Gasteiger partial charge in [0.15, 0.2) is 0 Å². The number of nitrogens with one attached hydrogen (secondary N) is 2. The van der Waals surface area contributed by atoms with Crippen LogP contribution in [0.1, 0.15) is 60.4 Å². The Hall–Kier alpha value is -2.62. The molecule has 0 atom stereocenters. The highest BCUT2D eigenvalue weighted by atomic mass is 16.2. The smallest absolute Gasteiger partial charge is 0.255 e. The third-order valence-corrected chi connectivity index (χ3v) is 3.97. The second kappa shape index (κ2) is 7.97. The highest BCUT2D eigenvalue weighted by Crippen LogP contribution is 2.23. The first-order chi connectivity index (χ1) is 11.8. The van der Waals surface area contributed by atoms with Gasteiger partial charge in [-0.1, -0.05) is 52.0 Å². The minimum atomic E-state index is -0.226. The maximum atomic E-state index is 12.5. The summed E-state index contributed by atoms with van der Waals surface area (Å²) < 4.78 is 0. The standard InChI is InChI=1S/C21H26N2O2/c1-5-14-22-20(25)17-8-6-7-9-18(17)23-19(24)15-10-12-16(13-11-15)21(2,3)4/h6-13H,5,14H2,1-4H3,(H,22,25)(H,23,24). The molecule has 2 rings (SSSR count). The summed E-state index contributed by atoms with van der Waals surface area (Å²) in [7, 11) is 0. The van der Waals surface area contributed by atoms with Crippen molar-refractivity contribution in [3.63, 3.8) is 0 Å². The second-order valence-electron chi connectivity index (χ2n) is 7.08. The molecule has 2 N–H and O–H groups in total. The molecule has 0 heterocycles. The molecule has 0 spiro atoms. The summed E-state index contributed by atoms with van der Waals surface area (Å²) in [5.74, 6) is -0.406. The number of benzene rings is 2. The van der Waals surface area contributed by atoms with Crippen molar-refractivity contribution in [2.24, 2.45) is 0 Å². The molecular weight excluding hydrogens is 312 g/mol. The Morgan fingerprint density at radius 3 is 2.16 bits per heavy atom. The lowest BCUT2D eigenvalue weighted by molar-refractivity contribution is 0.0954. The Morgan fingerprint density at radius 1 is 0.920 bits per heavy atom. The first-order valence-corrected chi connectivity index (χ1v) is 8.62. The molecule has 4 heteroatoms. The zero-order valence-corrected chi connectivity index (χ0v) is 15.3. The van der Waals surface area contributed by atoms with Crippen molar-refractivity contribution >= 4 is 17.5 Å². The van der Waals surface area contributed by atoms with Gasteiger partial charge in [-0.15, -0.1) is 0 Å². The number of para-hydroxylation sites is 1. The van der Waals surface area contributed by atoms with Crippen molar-refractivity contribution < 1.29 is 9.59 Å². The summed E-state index contributed by atoms with van der Waals surface area (Å²) in [5.41, 5.74) is 2.76. The van der Waals surface area contributed by atoms with E-state index in [9.17, 15) is 9.59 Å². The molecule has 2 aromatic rings. The van der Waals surface area contributed by atoms with Crippen LogP contribution < -0.4 is 10.6 Å². The maximum absolute atomic E-state index is 12.5. The lowest BCUT2D eigenvalue weighted by Crippen LogP contribution is -2.25. The monoisotopic (exact) mass is 338 g/mol. The summed E-state index contributed by atoms with van der Waals surface area (Å²) in [4.78, 5) is 24.8. The van der Waals surface area contributed by atoms with Crippen LogP contribution in [0.5, 0.6) is 0 Å². The summed E-state index contributed by atoms with van der Waals surface area (Å²) in [5, 5.41) is 5.68. The second-order valence-corrected chi connectivity index (χ2v) is 7.08. The molecule has 0 aliphatic rings. The molecule has 0 saturated carbocycles. The molecule has 25 heavy (non-hydrogen) atoms. The van der Waals surface area contributed by atoms with E-state index >= 15 is 0 Å². The molecular formula is C21H26N2O2. The Bertz CT molecular complexity index is 743. The van der Waals surface area contributed by atoms with E-state index < -0.39 is 0 Å². The van der Waals surface area contributed by atoms with Crippen LogP contribution in [0.2, 0.25) is 0 Å². The SMILES string of the molecule is CCCNC(=O)c1ccccc1NC(=O)c1ccc(C(C)(C)C)cc1. The topological polar surface area (TPSA) is 58.2 Å². The molecule has 0 aromatic heterocycles. The van der Waals surface area contributed by atoms with E-state index in [1.165, 1.54) is 5.56 Å². The average Bonchev–Trinajstić information content (AvgIpc) is 2.59. The Labute approximate surface area is 149 Å².